The van der Waals surface area contributed by atoms with Crippen molar-refractivity contribution in [3.05, 3.63) is 0 Å². The maximum atomic E-state index is 3.53. The highest BCUT2D eigenvalue weighted by molar-refractivity contribution is 4.78. The maximum Gasteiger partial charge on any atom is 0.00951 e. The van der Waals surface area contributed by atoms with Crippen molar-refractivity contribution in [1.29, 1.82) is 0 Å². The van der Waals surface area contributed by atoms with Gasteiger partial charge in [0.25, 0.3) is 0 Å². The summed E-state index contributed by atoms with van der Waals surface area (Å²) in [5.41, 5.74) is 0. The summed E-state index contributed by atoms with van der Waals surface area (Å²) in [5.74, 6) is 1.66. The van der Waals surface area contributed by atoms with Crippen LogP contribution in [0.1, 0.15) is 47.0 Å². The third-order valence-corrected chi connectivity index (χ3v) is 4.14. The van der Waals surface area contributed by atoms with Gasteiger partial charge in [-0.1, -0.05) is 33.6 Å². The monoisotopic (exact) mass is 226 g/mol. The molecule has 0 aromatic rings. The molecular formula is C14H30N2. The molecule has 0 aromatic carbocycles. The topological polar surface area (TPSA) is 15.3 Å². The maximum absolute atomic E-state index is 3.53. The molecule has 0 aromatic heterocycles. The Hall–Kier alpha value is -0.0800. The fourth-order valence-electron chi connectivity index (χ4n) is 2.95. The third-order valence-electron chi connectivity index (χ3n) is 4.14. The van der Waals surface area contributed by atoms with Gasteiger partial charge in [0, 0.05) is 12.6 Å². The molecule has 0 bridgehead atoms. The summed E-state index contributed by atoms with van der Waals surface area (Å²) in [7, 11) is 0. The molecule has 1 heterocycles. The lowest BCUT2D eigenvalue weighted by molar-refractivity contribution is 0.120. The van der Waals surface area contributed by atoms with Crippen molar-refractivity contribution in [3.63, 3.8) is 0 Å². The molecule has 2 unspecified atom stereocenters. The van der Waals surface area contributed by atoms with E-state index in [1.807, 2.05) is 0 Å². The molecule has 1 saturated heterocycles. The molecular weight excluding hydrogens is 196 g/mol. The second kappa shape index (κ2) is 7.29. The molecule has 1 N–H and O–H groups in total. The quantitative estimate of drug-likeness (QED) is 0.793. The third kappa shape index (κ3) is 4.06. The molecule has 1 aliphatic heterocycles. The summed E-state index contributed by atoms with van der Waals surface area (Å²) in [6.45, 7) is 14.4. The van der Waals surface area contributed by atoms with Crippen LogP contribution >= 0.6 is 0 Å². The van der Waals surface area contributed by atoms with Crippen LogP contribution in [0, 0.1) is 11.8 Å². The average molecular weight is 226 g/mol. The van der Waals surface area contributed by atoms with Crippen molar-refractivity contribution in [2.24, 2.45) is 11.8 Å². The molecule has 1 aliphatic rings. The minimum absolute atomic E-state index is 0.760. The molecule has 0 aliphatic carbocycles. The summed E-state index contributed by atoms with van der Waals surface area (Å²) in [6, 6.07) is 0.760. The van der Waals surface area contributed by atoms with E-state index < -0.39 is 0 Å². The molecule has 16 heavy (non-hydrogen) atoms. The van der Waals surface area contributed by atoms with E-state index in [1.165, 1.54) is 45.4 Å². The van der Waals surface area contributed by atoms with Crippen LogP contribution in [0.15, 0.2) is 0 Å². The normalized spacial score (nSPS) is 26.4. The summed E-state index contributed by atoms with van der Waals surface area (Å²) in [6.07, 6.45) is 3.94. The first-order valence-electron chi connectivity index (χ1n) is 7.13. The predicted molar refractivity (Wildman–Crippen MR) is 71.8 cm³/mol. The van der Waals surface area contributed by atoms with Crippen molar-refractivity contribution in [3.8, 4) is 0 Å². The first kappa shape index (κ1) is 14.0. The predicted octanol–water partition coefficient (Wildman–Crippen LogP) is 2.74. The lowest BCUT2D eigenvalue weighted by Gasteiger charge is -2.37. The molecule has 0 radical (unpaired) electrons. The summed E-state index contributed by atoms with van der Waals surface area (Å²) >= 11 is 0. The molecule has 2 heteroatoms. The van der Waals surface area contributed by atoms with E-state index in [4.69, 9.17) is 0 Å². The Kier molecular flexibility index (Phi) is 6.37. The van der Waals surface area contributed by atoms with Gasteiger partial charge in [0.15, 0.2) is 0 Å². The lowest BCUT2D eigenvalue weighted by atomic mass is 9.93. The van der Waals surface area contributed by atoms with Crippen LogP contribution in [0.3, 0.4) is 0 Å². The van der Waals surface area contributed by atoms with Crippen molar-refractivity contribution in [2.75, 3.05) is 26.2 Å². The lowest BCUT2D eigenvalue weighted by Crippen LogP contribution is -2.45. The van der Waals surface area contributed by atoms with Crippen LogP contribution in [0.2, 0.25) is 0 Å². The first-order chi connectivity index (χ1) is 7.69. The largest absolute Gasteiger partial charge is 0.316 e. The molecule has 2 atom stereocenters. The van der Waals surface area contributed by atoms with Crippen LogP contribution in [0.5, 0.6) is 0 Å². The summed E-state index contributed by atoms with van der Waals surface area (Å²) in [4.78, 5) is 2.73. The Morgan fingerprint density at radius 3 is 2.62 bits per heavy atom. The van der Waals surface area contributed by atoms with Gasteiger partial charge in [0.2, 0.25) is 0 Å². The van der Waals surface area contributed by atoms with E-state index in [-0.39, 0.29) is 0 Å². The van der Waals surface area contributed by atoms with Crippen molar-refractivity contribution in [2.45, 2.75) is 53.0 Å². The fourth-order valence-corrected chi connectivity index (χ4v) is 2.95. The zero-order valence-electron chi connectivity index (χ0n) is 11.6. The molecule has 1 rings (SSSR count). The number of hydrogen-bond donors (Lipinski definition) is 1. The number of hydrogen-bond acceptors (Lipinski definition) is 2. The Morgan fingerprint density at radius 1 is 1.31 bits per heavy atom. The molecule has 2 nitrogen and oxygen atoms in total. The van der Waals surface area contributed by atoms with Gasteiger partial charge < -0.3 is 10.2 Å². The van der Waals surface area contributed by atoms with E-state index in [2.05, 4.69) is 37.9 Å². The second-order valence-corrected chi connectivity index (χ2v) is 5.47. The fraction of sp³-hybridized carbons (Fsp3) is 1.00. The van der Waals surface area contributed by atoms with Crippen molar-refractivity contribution >= 4 is 0 Å². The number of nitrogens with zero attached hydrogens (tertiary/aromatic N) is 1. The highest BCUT2D eigenvalue weighted by Gasteiger charge is 2.23. The average Bonchev–Trinajstić information content (AvgIpc) is 2.24. The van der Waals surface area contributed by atoms with Gasteiger partial charge in [-0.2, -0.15) is 0 Å². The summed E-state index contributed by atoms with van der Waals surface area (Å²) < 4.78 is 0. The van der Waals surface area contributed by atoms with Crippen molar-refractivity contribution < 1.29 is 0 Å². The first-order valence-corrected chi connectivity index (χ1v) is 7.13. The SMILES string of the molecule is CCC(CC)C(C)N1CCCNCC(C)C1. The number of rotatable bonds is 4. The Bertz CT molecular complexity index is 178. The van der Waals surface area contributed by atoms with E-state index >= 15 is 0 Å². The molecule has 96 valence electrons. The second-order valence-electron chi connectivity index (χ2n) is 5.47. The highest BCUT2D eigenvalue weighted by Crippen LogP contribution is 2.20. The van der Waals surface area contributed by atoms with E-state index in [9.17, 15) is 0 Å². The van der Waals surface area contributed by atoms with Crippen LogP contribution in [0.4, 0.5) is 0 Å². The molecule has 0 amide bonds. The van der Waals surface area contributed by atoms with E-state index in [1.54, 1.807) is 0 Å². The minimum Gasteiger partial charge on any atom is -0.316 e. The van der Waals surface area contributed by atoms with Gasteiger partial charge in [-0.15, -0.1) is 0 Å². The van der Waals surface area contributed by atoms with Crippen LogP contribution in [0.25, 0.3) is 0 Å². The molecule has 0 spiro atoms. The Balaban J connectivity index is 2.53. The summed E-state index contributed by atoms with van der Waals surface area (Å²) in [5, 5.41) is 3.53. The molecule has 1 fully saturated rings. The van der Waals surface area contributed by atoms with Crippen LogP contribution < -0.4 is 5.32 Å². The van der Waals surface area contributed by atoms with Crippen LogP contribution in [-0.4, -0.2) is 37.1 Å². The smallest absolute Gasteiger partial charge is 0.00951 e. The van der Waals surface area contributed by atoms with Crippen molar-refractivity contribution in [1.82, 2.24) is 10.2 Å². The standard InChI is InChI=1S/C14H30N2/c1-5-14(6-2)13(4)16-9-7-8-15-10-12(3)11-16/h12-15H,5-11H2,1-4H3. The zero-order valence-corrected chi connectivity index (χ0v) is 11.6. The van der Waals surface area contributed by atoms with Gasteiger partial charge in [-0.05, 0) is 44.8 Å². The van der Waals surface area contributed by atoms with Crippen LogP contribution in [-0.2, 0) is 0 Å². The van der Waals surface area contributed by atoms with Gasteiger partial charge in [0.1, 0.15) is 0 Å². The van der Waals surface area contributed by atoms with Gasteiger partial charge in [-0.3, -0.25) is 0 Å². The Labute approximate surface area is 102 Å². The van der Waals surface area contributed by atoms with E-state index in [0.29, 0.717) is 0 Å². The Morgan fingerprint density at radius 2 is 2.00 bits per heavy atom. The highest BCUT2D eigenvalue weighted by atomic mass is 15.2. The minimum atomic E-state index is 0.760. The number of nitrogens with one attached hydrogen (secondary N) is 1. The van der Waals surface area contributed by atoms with Gasteiger partial charge in [-0.25, -0.2) is 0 Å². The zero-order chi connectivity index (χ0) is 12.0. The van der Waals surface area contributed by atoms with Gasteiger partial charge in [0.05, 0.1) is 0 Å². The van der Waals surface area contributed by atoms with Gasteiger partial charge >= 0.3 is 0 Å². The molecule has 0 saturated carbocycles. The van der Waals surface area contributed by atoms with E-state index in [0.717, 1.165) is 17.9 Å².